The maximum atomic E-state index is 12.1. The highest BCUT2D eigenvalue weighted by Crippen LogP contribution is 2.14. The van der Waals surface area contributed by atoms with E-state index in [2.05, 4.69) is 5.43 Å². The third-order valence-corrected chi connectivity index (χ3v) is 3.20. The largest absolute Gasteiger partial charge is 0.510 e. The summed E-state index contributed by atoms with van der Waals surface area (Å²) in [6, 6.07) is 9.42. The van der Waals surface area contributed by atoms with Gasteiger partial charge >= 0.3 is 12.2 Å². The summed E-state index contributed by atoms with van der Waals surface area (Å²) in [7, 11) is 0. The normalized spacial score (nSPS) is 18.0. The number of benzene rings is 1. The van der Waals surface area contributed by atoms with Crippen molar-refractivity contribution >= 4 is 12.2 Å². The molecule has 132 valence electrons. The van der Waals surface area contributed by atoms with Crippen LogP contribution in [0, 0.1) is 0 Å². The van der Waals surface area contributed by atoms with Gasteiger partial charge in [0.25, 0.3) is 0 Å². The van der Waals surface area contributed by atoms with Gasteiger partial charge in [-0.2, -0.15) is 5.43 Å². The van der Waals surface area contributed by atoms with Crippen molar-refractivity contribution in [3.05, 3.63) is 35.9 Å². The molecule has 1 heterocycles. The molecule has 0 aromatic heterocycles. The average molecular weight is 336 g/mol. The minimum atomic E-state index is -0.764. The maximum absolute atomic E-state index is 12.1. The average Bonchev–Trinajstić information content (AvgIpc) is 2.52. The number of ether oxygens (including phenoxy) is 3. The van der Waals surface area contributed by atoms with Crippen molar-refractivity contribution < 1.29 is 23.8 Å². The molecule has 0 radical (unpaired) electrons. The third kappa shape index (κ3) is 6.08. The SMILES string of the molecule is CC(C)(C)OC(=O)OC1CCCN(C(=O)OCc2ccccc2)N1. The predicted molar refractivity (Wildman–Crippen MR) is 86.8 cm³/mol. The molecule has 1 atom stereocenters. The molecule has 1 saturated heterocycles. The first-order valence-electron chi connectivity index (χ1n) is 7.97. The first-order chi connectivity index (χ1) is 11.3. The van der Waals surface area contributed by atoms with Crippen molar-refractivity contribution in [3.63, 3.8) is 0 Å². The second-order valence-electron chi connectivity index (χ2n) is 6.53. The van der Waals surface area contributed by atoms with Gasteiger partial charge in [0.1, 0.15) is 12.2 Å². The minimum absolute atomic E-state index is 0.190. The molecular weight excluding hydrogens is 312 g/mol. The number of hydrazine groups is 1. The van der Waals surface area contributed by atoms with E-state index in [-0.39, 0.29) is 6.61 Å². The Kier molecular flexibility index (Phi) is 6.03. The highest BCUT2D eigenvalue weighted by molar-refractivity contribution is 5.67. The van der Waals surface area contributed by atoms with Crippen molar-refractivity contribution in [2.45, 2.75) is 52.0 Å². The third-order valence-electron chi connectivity index (χ3n) is 3.20. The molecular formula is C17H24N2O5. The number of rotatable bonds is 3. The fraction of sp³-hybridized carbons (Fsp3) is 0.529. The first kappa shape index (κ1) is 18.1. The summed E-state index contributed by atoms with van der Waals surface area (Å²) in [6.45, 7) is 5.96. The van der Waals surface area contributed by atoms with E-state index in [1.807, 2.05) is 30.3 Å². The second-order valence-corrected chi connectivity index (χ2v) is 6.53. The van der Waals surface area contributed by atoms with Crippen LogP contribution in [0.4, 0.5) is 9.59 Å². The summed E-state index contributed by atoms with van der Waals surface area (Å²) in [6.07, 6.45) is -0.587. The smallest absolute Gasteiger partial charge is 0.444 e. The standard InChI is InChI=1S/C17H24N2O5/c1-17(2,3)24-16(21)23-14-10-7-11-19(18-14)15(20)22-12-13-8-5-4-6-9-13/h4-6,8-9,14,18H,7,10-12H2,1-3H3. The van der Waals surface area contributed by atoms with E-state index in [1.165, 1.54) is 5.01 Å². The molecule has 7 heteroatoms. The molecule has 24 heavy (non-hydrogen) atoms. The molecule has 1 amide bonds. The molecule has 1 N–H and O–H groups in total. The van der Waals surface area contributed by atoms with E-state index in [0.29, 0.717) is 19.4 Å². The molecule has 1 fully saturated rings. The van der Waals surface area contributed by atoms with Gasteiger partial charge in [0.2, 0.25) is 0 Å². The lowest BCUT2D eigenvalue weighted by Gasteiger charge is -2.32. The number of nitrogens with one attached hydrogen (secondary N) is 1. The number of nitrogens with zero attached hydrogens (tertiary/aromatic N) is 1. The van der Waals surface area contributed by atoms with Crippen LogP contribution in [0.1, 0.15) is 39.2 Å². The van der Waals surface area contributed by atoms with E-state index in [4.69, 9.17) is 14.2 Å². The lowest BCUT2D eigenvalue weighted by molar-refractivity contribution is -0.0668. The molecule has 1 aromatic rings. The highest BCUT2D eigenvalue weighted by atomic mass is 16.7. The van der Waals surface area contributed by atoms with Crippen LogP contribution in [0.5, 0.6) is 0 Å². The highest BCUT2D eigenvalue weighted by Gasteiger charge is 2.28. The van der Waals surface area contributed by atoms with Crippen molar-refractivity contribution in [1.82, 2.24) is 10.4 Å². The summed E-state index contributed by atoms with van der Waals surface area (Å²) >= 11 is 0. The number of hydrogen-bond acceptors (Lipinski definition) is 6. The number of carbonyl (C=O) groups excluding carboxylic acids is 2. The Bertz CT molecular complexity index is 556. The summed E-state index contributed by atoms with van der Waals surface area (Å²) in [5.41, 5.74) is 3.12. The molecule has 2 rings (SSSR count). The molecule has 0 spiro atoms. The Morgan fingerprint density at radius 2 is 1.96 bits per heavy atom. The van der Waals surface area contributed by atoms with E-state index < -0.39 is 24.1 Å². The fourth-order valence-electron chi connectivity index (χ4n) is 2.15. The lowest BCUT2D eigenvalue weighted by atomic mass is 10.2. The van der Waals surface area contributed by atoms with Crippen molar-refractivity contribution in [2.75, 3.05) is 6.54 Å². The van der Waals surface area contributed by atoms with E-state index in [0.717, 1.165) is 5.56 Å². The van der Waals surface area contributed by atoms with E-state index in [9.17, 15) is 9.59 Å². The Labute approximate surface area is 141 Å². The van der Waals surface area contributed by atoms with Gasteiger partial charge in [-0.25, -0.2) is 14.6 Å². The zero-order valence-corrected chi connectivity index (χ0v) is 14.3. The van der Waals surface area contributed by atoms with E-state index in [1.54, 1.807) is 20.8 Å². The molecule has 1 aliphatic heterocycles. The van der Waals surface area contributed by atoms with Gasteiger partial charge in [0.15, 0.2) is 6.23 Å². The van der Waals surface area contributed by atoms with Crippen LogP contribution in [-0.4, -0.2) is 35.6 Å². The van der Waals surface area contributed by atoms with Crippen LogP contribution in [0.15, 0.2) is 30.3 Å². The van der Waals surface area contributed by atoms with Crippen molar-refractivity contribution in [2.24, 2.45) is 0 Å². The Balaban J connectivity index is 1.79. The van der Waals surface area contributed by atoms with Gasteiger partial charge in [0.05, 0.1) is 0 Å². The topological polar surface area (TPSA) is 77.1 Å². The van der Waals surface area contributed by atoms with Crippen LogP contribution in [0.2, 0.25) is 0 Å². The van der Waals surface area contributed by atoms with Gasteiger partial charge in [-0.15, -0.1) is 0 Å². The van der Waals surface area contributed by atoms with Gasteiger partial charge in [-0.05, 0) is 32.8 Å². The van der Waals surface area contributed by atoms with Crippen LogP contribution >= 0.6 is 0 Å². The summed E-state index contributed by atoms with van der Waals surface area (Å²) in [5.74, 6) is 0. The maximum Gasteiger partial charge on any atom is 0.510 e. The van der Waals surface area contributed by atoms with Gasteiger partial charge in [0, 0.05) is 13.0 Å². The molecule has 1 aromatic carbocycles. The van der Waals surface area contributed by atoms with Crippen LogP contribution in [0.3, 0.4) is 0 Å². The summed E-state index contributed by atoms with van der Waals surface area (Å²) in [5, 5.41) is 1.32. The predicted octanol–water partition coefficient (Wildman–Crippen LogP) is 3.20. The van der Waals surface area contributed by atoms with Crippen molar-refractivity contribution in [3.8, 4) is 0 Å². The van der Waals surface area contributed by atoms with Gasteiger partial charge in [-0.1, -0.05) is 30.3 Å². The molecule has 0 aliphatic carbocycles. The molecule has 7 nitrogen and oxygen atoms in total. The van der Waals surface area contributed by atoms with Crippen LogP contribution in [0.25, 0.3) is 0 Å². The Morgan fingerprint density at radius 3 is 2.62 bits per heavy atom. The van der Waals surface area contributed by atoms with Crippen LogP contribution in [-0.2, 0) is 20.8 Å². The monoisotopic (exact) mass is 336 g/mol. The quantitative estimate of drug-likeness (QED) is 0.854. The Hall–Kier alpha value is -2.28. The van der Waals surface area contributed by atoms with Crippen LogP contribution < -0.4 is 5.43 Å². The van der Waals surface area contributed by atoms with E-state index >= 15 is 0 Å². The first-order valence-corrected chi connectivity index (χ1v) is 7.97. The van der Waals surface area contributed by atoms with Gasteiger partial charge < -0.3 is 14.2 Å². The second kappa shape index (κ2) is 8.01. The zero-order chi connectivity index (χ0) is 17.6. The number of amides is 1. The molecule has 0 bridgehead atoms. The summed E-state index contributed by atoms with van der Waals surface area (Å²) in [4.78, 5) is 23.8. The Morgan fingerprint density at radius 1 is 1.25 bits per heavy atom. The molecule has 1 aliphatic rings. The molecule has 1 unspecified atom stereocenters. The minimum Gasteiger partial charge on any atom is -0.444 e. The molecule has 0 saturated carbocycles. The van der Waals surface area contributed by atoms with Crippen molar-refractivity contribution in [1.29, 1.82) is 0 Å². The number of carbonyl (C=O) groups is 2. The summed E-state index contributed by atoms with van der Waals surface area (Å²) < 4.78 is 15.5. The fourth-order valence-corrected chi connectivity index (χ4v) is 2.15. The van der Waals surface area contributed by atoms with Gasteiger partial charge in [-0.3, -0.25) is 0 Å². The number of hydrogen-bond donors (Lipinski definition) is 1. The lowest BCUT2D eigenvalue weighted by Crippen LogP contribution is -2.54. The zero-order valence-electron chi connectivity index (χ0n) is 14.3.